The van der Waals surface area contributed by atoms with Gasteiger partial charge < -0.3 is 25.7 Å². The first-order chi connectivity index (χ1) is 15.9. The monoisotopic (exact) mass is 510 g/mol. The van der Waals surface area contributed by atoms with Crippen LogP contribution in [0.2, 0.25) is 0 Å². The maximum atomic E-state index is 12.2. The number of nitrogens with zero attached hydrogens (tertiary/aromatic N) is 2. The summed E-state index contributed by atoms with van der Waals surface area (Å²) < 4.78 is 0.769. The second kappa shape index (κ2) is 11.4. The molecule has 2 aromatic carbocycles. The first-order valence-electron chi connectivity index (χ1n) is 10.6. The van der Waals surface area contributed by atoms with Crippen molar-refractivity contribution in [3.8, 4) is 11.5 Å². The molecule has 0 fully saturated rings. The number of phenolic OH excluding ortho intramolecular Hbond substituents is 2. The number of unbranched alkanes of at least 4 members (excludes halogenated alkanes) is 1. The average molecular weight is 511 g/mol. The number of likely N-dealkylation sites (N-methyl/N-ethyl adjacent to an activating group) is 1. The van der Waals surface area contributed by atoms with E-state index in [0.29, 0.717) is 18.7 Å². The number of aromatic hydroxyl groups is 2. The summed E-state index contributed by atoms with van der Waals surface area (Å²) in [6.07, 6.45) is 5.10. The molecule has 7 nitrogen and oxygen atoms in total. The highest BCUT2D eigenvalue weighted by Crippen LogP contribution is 2.29. The highest BCUT2D eigenvalue weighted by molar-refractivity contribution is 9.11. The van der Waals surface area contributed by atoms with Crippen LogP contribution in [0, 0.1) is 0 Å². The largest absolute Gasteiger partial charge is 0.507 e. The first-order valence-corrected chi connectivity index (χ1v) is 11.4. The minimum Gasteiger partial charge on any atom is -0.507 e. The fourth-order valence-corrected chi connectivity index (χ4v) is 3.66. The number of aliphatic imine (C=N–C) groups is 1. The van der Waals surface area contributed by atoms with E-state index in [1.54, 1.807) is 36.4 Å². The van der Waals surface area contributed by atoms with Gasteiger partial charge in [-0.3, -0.25) is 9.79 Å². The third-order valence-electron chi connectivity index (χ3n) is 5.10. The van der Waals surface area contributed by atoms with Crippen LogP contribution in [0.25, 0.3) is 5.70 Å². The lowest BCUT2D eigenvalue weighted by molar-refractivity contribution is 0.0950. The van der Waals surface area contributed by atoms with Crippen LogP contribution < -0.4 is 10.6 Å². The molecule has 0 saturated heterocycles. The van der Waals surface area contributed by atoms with Gasteiger partial charge in [-0.05, 0) is 53.0 Å². The molecule has 172 valence electrons. The fourth-order valence-electron chi connectivity index (χ4n) is 3.30. The van der Waals surface area contributed by atoms with Crippen LogP contribution in [0.15, 0.2) is 82.6 Å². The number of amidine groups is 1. The number of halogens is 1. The quantitative estimate of drug-likeness (QED) is 0.396. The Kier molecular flexibility index (Phi) is 8.32. The number of rotatable bonds is 8. The second-order valence-corrected chi connectivity index (χ2v) is 8.23. The summed E-state index contributed by atoms with van der Waals surface area (Å²) in [5, 5.41) is 26.2. The zero-order chi connectivity index (χ0) is 23.8. The summed E-state index contributed by atoms with van der Waals surface area (Å²) in [6.45, 7) is 4.87. The maximum Gasteiger partial charge on any atom is 0.255 e. The van der Waals surface area contributed by atoms with E-state index in [4.69, 9.17) is 4.99 Å². The Morgan fingerprint density at radius 1 is 1.15 bits per heavy atom. The SMILES string of the molecule is C=C/C(Br)=C1/NC(c2ccccc2O)=CC(=NCCCCNC(=O)c2ccccc2O)N1C. The summed E-state index contributed by atoms with van der Waals surface area (Å²) in [6, 6.07) is 13.6. The topological polar surface area (TPSA) is 97.2 Å². The van der Waals surface area contributed by atoms with Gasteiger partial charge in [-0.25, -0.2) is 0 Å². The molecule has 4 N–H and O–H groups in total. The first kappa shape index (κ1) is 24.1. The predicted octanol–water partition coefficient (Wildman–Crippen LogP) is 4.33. The Labute approximate surface area is 202 Å². The van der Waals surface area contributed by atoms with Crippen molar-refractivity contribution < 1.29 is 15.0 Å². The number of amides is 1. The molecule has 1 amide bonds. The zero-order valence-corrected chi connectivity index (χ0v) is 20.0. The summed E-state index contributed by atoms with van der Waals surface area (Å²) in [4.78, 5) is 18.8. The Bertz CT molecular complexity index is 1120. The number of hydrogen-bond acceptors (Lipinski definition) is 5. The molecule has 0 unspecified atom stereocenters. The Hall–Kier alpha value is -3.52. The minimum atomic E-state index is -0.295. The molecule has 1 heterocycles. The van der Waals surface area contributed by atoms with Gasteiger partial charge in [-0.1, -0.05) is 36.9 Å². The number of allylic oxidation sites excluding steroid dienone is 2. The van der Waals surface area contributed by atoms with Crippen molar-refractivity contribution in [2.75, 3.05) is 20.1 Å². The Morgan fingerprint density at radius 3 is 2.55 bits per heavy atom. The van der Waals surface area contributed by atoms with E-state index in [1.165, 1.54) is 6.07 Å². The van der Waals surface area contributed by atoms with Gasteiger partial charge in [0, 0.05) is 31.8 Å². The van der Waals surface area contributed by atoms with E-state index in [9.17, 15) is 15.0 Å². The van der Waals surface area contributed by atoms with Gasteiger partial charge in [0.15, 0.2) is 0 Å². The number of hydrogen-bond donors (Lipinski definition) is 4. The molecule has 3 rings (SSSR count). The highest BCUT2D eigenvalue weighted by atomic mass is 79.9. The molecular formula is C25H27BrN4O3. The number of benzene rings is 2. The van der Waals surface area contributed by atoms with E-state index < -0.39 is 0 Å². The molecule has 0 bridgehead atoms. The average Bonchev–Trinajstić information content (AvgIpc) is 2.82. The van der Waals surface area contributed by atoms with Crippen molar-refractivity contribution in [3.05, 3.63) is 88.7 Å². The van der Waals surface area contributed by atoms with Gasteiger partial charge >= 0.3 is 0 Å². The lowest BCUT2D eigenvalue weighted by Crippen LogP contribution is -2.37. The molecule has 1 aliphatic heterocycles. The van der Waals surface area contributed by atoms with E-state index >= 15 is 0 Å². The van der Waals surface area contributed by atoms with Crippen molar-refractivity contribution in [3.63, 3.8) is 0 Å². The molecule has 33 heavy (non-hydrogen) atoms. The number of nitrogens with one attached hydrogen (secondary N) is 2. The molecule has 0 spiro atoms. The van der Waals surface area contributed by atoms with Crippen LogP contribution in [0.3, 0.4) is 0 Å². The van der Waals surface area contributed by atoms with Crippen LogP contribution >= 0.6 is 15.9 Å². The number of phenols is 2. The van der Waals surface area contributed by atoms with Crippen molar-refractivity contribution in [1.82, 2.24) is 15.5 Å². The van der Waals surface area contributed by atoms with Gasteiger partial charge in [0.1, 0.15) is 23.2 Å². The maximum absolute atomic E-state index is 12.2. The Balaban J connectivity index is 1.64. The van der Waals surface area contributed by atoms with Crippen LogP contribution in [0.5, 0.6) is 11.5 Å². The Morgan fingerprint density at radius 2 is 1.85 bits per heavy atom. The molecule has 0 aromatic heterocycles. The lowest BCUT2D eigenvalue weighted by atomic mass is 10.1. The summed E-state index contributed by atoms with van der Waals surface area (Å²) in [7, 11) is 1.90. The molecule has 0 saturated carbocycles. The second-order valence-electron chi connectivity index (χ2n) is 7.38. The predicted molar refractivity (Wildman–Crippen MR) is 135 cm³/mol. The van der Waals surface area contributed by atoms with Gasteiger partial charge in [0.05, 0.1) is 15.7 Å². The summed E-state index contributed by atoms with van der Waals surface area (Å²) >= 11 is 3.52. The lowest BCUT2D eigenvalue weighted by Gasteiger charge is -2.31. The molecule has 8 heteroatoms. The van der Waals surface area contributed by atoms with Gasteiger partial charge in [-0.2, -0.15) is 0 Å². The summed E-state index contributed by atoms with van der Waals surface area (Å²) in [5.74, 6) is 1.35. The van der Waals surface area contributed by atoms with E-state index in [0.717, 1.165) is 34.7 Å². The molecule has 0 atom stereocenters. The molecule has 1 aliphatic rings. The molecular weight excluding hydrogens is 484 g/mol. The summed E-state index contributed by atoms with van der Waals surface area (Å²) in [5.41, 5.74) is 1.67. The van der Waals surface area contributed by atoms with Gasteiger partial charge in [-0.15, -0.1) is 0 Å². The standard InChI is InChI=1S/C25H27BrN4O3/c1-3-19(26)24-29-20(17-10-4-6-12-21(17)31)16-23(30(24)2)27-14-8-9-15-28-25(33)18-11-5-7-13-22(18)32/h3-7,10-13,16,29,31-32H,1,8-9,14-15H2,2H3,(H,28,33)/b24-19+,27-23?. The van der Waals surface area contributed by atoms with Crippen LogP contribution in [0.4, 0.5) is 0 Å². The number of carbonyl (C=O) groups excluding carboxylic acids is 1. The molecule has 2 aromatic rings. The van der Waals surface area contributed by atoms with E-state index in [1.807, 2.05) is 30.2 Å². The smallest absolute Gasteiger partial charge is 0.255 e. The third kappa shape index (κ3) is 6.04. The fraction of sp³-hybridized carbons (Fsp3) is 0.200. The molecule has 0 radical (unpaired) electrons. The zero-order valence-electron chi connectivity index (χ0n) is 18.4. The van der Waals surface area contributed by atoms with Crippen LogP contribution in [0.1, 0.15) is 28.8 Å². The van der Waals surface area contributed by atoms with Gasteiger partial charge in [0.25, 0.3) is 5.91 Å². The normalized spacial score (nSPS) is 16.1. The van der Waals surface area contributed by atoms with Crippen molar-refractivity contribution in [1.29, 1.82) is 0 Å². The van der Waals surface area contributed by atoms with Crippen molar-refractivity contribution in [2.24, 2.45) is 4.99 Å². The van der Waals surface area contributed by atoms with Crippen LogP contribution in [-0.4, -0.2) is 47.0 Å². The third-order valence-corrected chi connectivity index (χ3v) is 5.80. The molecule has 0 aliphatic carbocycles. The highest BCUT2D eigenvalue weighted by Gasteiger charge is 2.22. The van der Waals surface area contributed by atoms with E-state index in [-0.39, 0.29) is 23.0 Å². The number of carbonyl (C=O) groups is 1. The number of para-hydroxylation sites is 2. The van der Waals surface area contributed by atoms with Crippen molar-refractivity contribution >= 4 is 33.4 Å². The van der Waals surface area contributed by atoms with E-state index in [2.05, 4.69) is 33.1 Å². The van der Waals surface area contributed by atoms with Crippen molar-refractivity contribution in [2.45, 2.75) is 12.8 Å². The van der Waals surface area contributed by atoms with Gasteiger partial charge in [0.2, 0.25) is 0 Å². The minimum absolute atomic E-state index is 0.0306. The van der Waals surface area contributed by atoms with Crippen LogP contribution in [-0.2, 0) is 0 Å².